The summed E-state index contributed by atoms with van der Waals surface area (Å²) in [5.74, 6) is 0.0410. The van der Waals surface area contributed by atoms with Gasteiger partial charge >= 0.3 is 5.97 Å². The second-order valence-corrected chi connectivity index (χ2v) is 3.99. The molecule has 0 aromatic rings. The van der Waals surface area contributed by atoms with E-state index in [0.717, 1.165) is 32.1 Å². The van der Waals surface area contributed by atoms with Gasteiger partial charge in [0.15, 0.2) is 0 Å². The van der Waals surface area contributed by atoms with E-state index in [2.05, 4.69) is 0 Å². The first-order chi connectivity index (χ1) is 7.18. The van der Waals surface area contributed by atoms with Crippen molar-refractivity contribution in [3.05, 3.63) is 12.2 Å². The molecule has 0 fully saturated rings. The van der Waals surface area contributed by atoms with E-state index in [9.17, 15) is 9.59 Å². The standard InChI is InChI=1S/C12H18O3/c1-10(13)6-4-2-3-5-7-11-8-9-12(14)15-11/h8-9,11H,2-7H2,1H3. The third-order valence-corrected chi connectivity index (χ3v) is 2.48. The molecule has 1 heterocycles. The third-order valence-electron chi connectivity index (χ3n) is 2.48. The van der Waals surface area contributed by atoms with Gasteiger partial charge in [-0.25, -0.2) is 4.79 Å². The molecule has 84 valence electrons. The molecule has 0 saturated heterocycles. The van der Waals surface area contributed by atoms with Crippen LogP contribution in [0.4, 0.5) is 0 Å². The Labute approximate surface area is 90.5 Å². The first-order valence-corrected chi connectivity index (χ1v) is 5.57. The van der Waals surface area contributed by atoms with Crippen LogP contribution < -0.4 is 0 Å². The van der Waals surface area contributed by atoms with Crippen molar-refractivity contribution in [3.8, 4) is 0 Å². The number of cyclic esters (lactones) is 1. The Kier molecular flexibility index (Phi) is 5.08. The van der Waals surface area contributed by atoms with Gasteiger partial charge in [-0.2, -0.15) is 0 Å². The zero-order valence-electron chi connectivity index (χ0n) is 9.20. The lowest BCUT2D eigenvalue weighted by molar-refractivity contribution is -0.138. The molecule has 15 heavy (non-hydrogen) atoms. The Bertz CT molecular complexity index is 256. The summed E-state index contributed by atoms with van der Waals surface area (Å²) in [5.41, 5.74) is 0. The normalized spacial score (nSPS) is 19.3. The van der Waals surface area contributed by atoms with E-state index in [1.165, 1.54) is 6.08 Å². The molecule has 1 aliphatic heterocycles. The second-order valence-electron chi connectivity index (χ2n) is 3.99. The number of ether oxygens (including phenoxy) is 1. The number of ketones is 1. The van der Waals surface area contributed by atoms with Crippen LogP contribution in [0.15, 0.2) is 12.2 Å². The highest BCUT2D eigenvalue weighted by atomic mass is 16.5. The van der Waals surface area contributed by atoms with Gasteiger partial charge in [-0.15, -0.1) is 0 Å². The summed E-state index contributed by atoms with van der Waals surface area (Å²) in [4.78, 5) is 21.4. The van der Waals surface area contributed by atoms with Crippen LogP contribution in [0.2, 0.25) is 0 Å². The SMILES string of the molecule is CC(=O)CCCCCCC1C=CC(=O)O1. The monoisotopic (exact) mass is 210 g/mol. The topological polar surface area (TPSA) is 43.4 Å². The van der Waals surface area contributed by atoms with Crippen LogP contribution in [0.3, 0.4) is 0 Å². The van der Waals surface area contributed by atoms with Crippen LogP contribution in [0.1, 0.15) is 45.4 Å². The quantitative estimate of drug-likeness (QED) is 0.478. The summed E-state index contributed by atoms with van der Waals surface area (Å²) in [6.45, 7) is 1.63. The fourth-order valence-electron chi connectivity index (χ4n) is 1.64. The van der Waals surface area contributed by atoms with Gasteiger partial charge in [0.05, 0.1) is 0 Å². The van der Waals surface area contributed by atoms with Crippen LogP contribution in [0.25, 0.3) is 0 Å². The minimum Gasteiger partial charge on any atom is -0.455 e. The molecule has 0 saturated carbocycles. The molecule has 0 spiro atoms. The van der Waals surface area contributed by atoms with Crippen LogP contribution in [-0.4, -0.2) is 17.9 Å². The average Bonchev–Trinajstić information content (AvgIpc) is 2.57. The van der Waals surface area contributed by atoms with Crippen molar-refractivity contribution < 1.29 is 14.3 Å². The minimum absolute atomic E-state index is 0.00897. The van der Waals surface area contributed by atoms with E-state index in [0.29, 0.717) is 6.42 Å². The molecule has 0 bridgehead atoms. The Hall–Kier alpha value is -1.12. The molecule has 0 aromatic heterocycles. The third kappa shape index (κ3) is 5.35. The van der Waals surface area contributed by atoms with Crippen molar-refractivity contribution in [2.75, 3.05) is 0 Å². The van der Waals surface area contributed by atoms with Gasteiger partial charge in [0, 0.05) is 12.5 Å². The lowest BCUT2D eigenvalue weighted by Crippen LogP contribution is -2.06. The highest BCUT2D eigenvalue weighted by Gasteiger charge is 2.15. The summed E-state index contributed by atoms with van der Waals surface area (Å²) in [7, 11) is 0. The Morgan fingerprint density at radius 2 is 2.07 bits per heavy atom. The molecule has 1 unspecified atom stereocenters. The fourth-order valence-corrected chi connectivity index (χ4v) is 1.64. The van der Waals surface area contributed by atoms with Crippen LogP contribution in [0, 0.1) is 0 Å². The van der Waals surface area contributed by atoms with Gasteiger partial charge in [-0.1, -0.05) is 12.8 Å². The van der Waals surface area contributed by atoms with E-state index < -0.39 is 0 Å². The van der Waals surface area contributed by atoms with E-state index in [-0.39, 0.29) is 17.9 Å². The van der Waals surface area contributed by atoms with Crippen LogP contribution >= 0.6 is 0 Å². The highest BCUT2D eigenvalue weighted by Crippen LogP contribution is 2.14. The molecule has 0 N–H and O–H groups in total. The predicted octanol–water partition coefficient (Wildman–Crippen LogP) is 2.40. The van der Waals surface area contributed by atoms with Crippen molar-refractivity contribution in [1.29, 1.82) is 0 Å². The van der Waals surface area contributed by atoms with Gasteiger partial charge in [0.2, 0.25) is 0 Å². The minimum atomic E-state index is -0.225. The maximum absolute atomic E-state index is 10.7. The van der Waals surface area contributed by atoms with Gasteiger partial charge in [-0.05, 0) is 32.3 Å². The Morgan fingerprint density at radius 1 is 1.33 bits per heavy atom. The smallest absolute Gasteiger partial charge is 0.331 e. The number of carbonyl (C=O) groups excluding carboxylic acids is 2. The zero-order chi connectivity index (χ0) is 11.1. The molecule has 0 aliphatic carbocycles. The van der Waals surface area contributed by atoms with Gasteiger partial charge in [0.1, 0.15) is 11.9 Å². The number of esters is 1. The molecular weight excluding hydrogens is 192 g/mol. The number of rotatable bonds is 7. The summed E-state index contributed by atoms with van der Waals surface area (Å²) in [6, 6.07) is 0. The van der Waals surface area contributed by atoms with Crippen molar-refractivity contribution in [1.82, 2.24) is 0 Å². The lowest BCUT2D eigenvalue weighted by atomic mass is 10.1. The van der Waals surface area contributed by atoms with E-state index in [1.807, 2.05) is 6.08 Å². The summed E-state index contributed by atoms with van der Waals surface area (Å²) < 4.78 is 5.00. The molecular formula is C12H18O3. The molecule has 1 rings (SSSR count). The van der Waals surface area contributed by atoms with Gasteiger partial charge < -0.3 is 9.53 Å². The Morgan fingerprint density at radius 3 is 2.67 bits per heavy atom. The maximum Gasteiger partial charge on any atom is 0.331 e. The molecule has 1 atom stereocenters. The molecule has 0 radical (unpaired) electrons. The largest absolute Gasteiger partial charge is 0.455 e. The summed E-state index contributed by atoms with van der Waals surface area (Å²) in [5, 5.41) is 0. The number of hydrogen-bond donors (Lipinski definition) is 0. The number of carbonyl (C=O) groups is 2. The second kappa shape index (κ2) is 6.38. The van der Waals surface area contributed by atoms with E-state index in [1.54, 1.807) is 6.92 Å². The van der Waals surface area contributed by atoms with Crippen molar-refractivity contribution in [3.63, 3.8) is 0 Å². The predicted molar refractivity (Wildman–Crippen MR) is 57.4 cm³/mol. The summed E-state index contributed by atoms with van der Waals surface area (Å²) >= 11 is 0. The van der Waals surface area contributed by atoms with Gasteiger partial charge in [-0.3, -0.25) is 0 Å². The fraction of sp³-hybridized carbons (Fsp3) is 0.667. The lowest BCUT2D eigenvalue weighted by Gasteiger charge is -2.07. The van der Waals surface area contributed by atoms with Crippen molar-refractivity contribution >= 4 is 11.8 Å². The zero-order valence-corrected chi connectivity index (χ0v) is 9.20. The number of hydrogen-bond acceptors (Lipinski definition) is 3. The van der Waals surface area contributed by atoms with Crippen molar-refractivity contribution in [2.24, 2.45) is 0 Å². The first kappa shape index (κ1) is 12.0. The first-order valence-electron chi connectivity index (χ1n) is 5.57. The number of Topliss-reactive ketones (excluding diaryl/α,β-unsaturated/α-hetero) is 1. The molecule has 1 aliphatic rings. The molecule has 0 aromatic carbocycles. The number of unbranched alkanes of at least 4 members (excludes halogenated alkanes) is 3. The average molecular weight is 210 g/mol. The van der Waals surface area contributed by atoms with E-state index in [4.69, 9.17) is 4.74 Å². The maximum atomic E-state index is 10.7. The Balaban J connectivity index is 1.91. The van der Waals surface area contributed by atoms with Gasteiger partial charge in [0.25, 0.3) is 0 Å². The molecule has 0 amide bonds. The van der Waals surface area contributed by atoms with E-state index >= 15 is 0 Å². The van der Waals surface area contributed by atoms with Crippen LogP contribution in [-0.2, 0) is 14.3 Å². The summed E-state index contributed by atoms with van der Waals surface area (Å²) in [6.07, 6.45) is 9.12. The van der Waals surface area contributed by atoms with Crippen molar-refractivity contribution in [2.45, 2.75) is 51.6 Å². The highest BCUT2D eigenvalue weighted by molar-refractivity contribution is 5.84. The molecule has 3 nitrogen and oxygen atoms in total. The van der Waals surface area contributed by atoms with Crippen LogP contribution in [0.5, 0.6) is 0 Å². The molecule has 3 heteroatoms.